The van der Waals surface area contributed by atoms with Gasteiger partial charge in [-0.1, -0.05) is 42.5 Å². The predicted octanol–water partition coefficient (Wildman–Crippen LogP) is 2.46. The highest BCUT2D eigenvalue weighted by atomic mass is 16.2. The molecule has 6 heteroatoms. The lowest BCUT2D eigenvalue weighted by Gasteiger charge is -2.12. The molecule has 2 amide bonds. The van der Waals surface area contributed by atoms with Crippen LogP contribution in [0.1, 0.15) is 30.4 Å². The van der Waals surface area contributed by atoms with Gasteiger partial charge in [0.2, 0.25) is 11.8 Å². The second-order valence-electron chi connectivity index (χ2n) is 6.45. The van der Waals surface area contributed by atoms with Crippen molar-refractivity contribution in [2.45, 2.75) is 25.7 Å². The van der Waals surface area contributed by atoms with E-state index in [1.807, 2.05) is 42.5 Å². The number of anilines is 1. The standard InChI is InChI=1S/C21H24N4O2/c26-20(13-15-22-14-12-16-4-2-1-3-5-16)23-18-8-6-17(7-9-18)19-10-11-21(27)25-24-19/h1-9,22H,10-15H2,(H,23,26)(H,25,27). The van der Waals surface area contributed by atoms with Crippen LogP contribution in [0.4, 0.5) is 5.69 Å². The summed E-state index contributed by atoms with van der Waals surface area (Å²) in [5.41, 5.74) is 6.35. The zero-order chi connectivity index (χ0) is 18.9. The second kappa shape index (κ2) is 9.64. The first-order valence-electron chi connectivity index (χ1n) is 9.21. The summed E-state index contributed by atoms with van der Waals surface area (Å²) in [4.78, 5) is 23.2. The SMILES string of the molecule is O=C1CCC(c2ccc(NC(=O)CCNCCc3ccccc3)cc2)=NN1. The van der Waals surface area contributed by atoms with Crippen molar-refractivity contribution >= 4 is 23.2 Å². The number of amides is 2. The minimum atomic E-state index is -0.0555. The second-order valence-corrected chi connectivity index (χ2v) is 6.45. The molecule has 0 spiro atoms. The van der Waals surface area contributed by atoms with E-state index in [2.05, 4.69) is 33.3 Å². The summed E-state index contributed by atoms with van der Waals surface area (Å²) in [5, 5.41) is 10.3. The lowest BCUT2D eigenvalue weighted by molar-refractivity contribution is -0.121. The molecular weight excluding hydrogens is 340 g/mol. The van der Waals surface area contributed by atoms with E-state index in [1.165, 1.54) is 5.56 Å². The van der Waals surface area contributed by atoms with Gasteiger partial charge in [0.25, 0.3) is 0 Å². The number of rotatable bonds is 8. The van der Waals surface area contributed by atoms with Gasteiger partial charge in [0, 0.05) is 31.5 Å². The molecule has 0 atom stereocenters. The third-order valence-electron chi connectivity index (χ3n) is 4.37. The van der Waals surface area contributed by atoms with Crippen LogP contribution in [-0.2, 0) is 16.0 Å². The Hall–Kier alpha value is -2.99. The average molecular weight is 364 g/mol. The van der Waals surface area contributed by atoms with Crippen LogP contribution in [0.2, 0.25) is 0 Å². The van der Waals surface area contributed by atoms with E-state index in [-0.39, 0.29) is 11.8 Å². The van der Waals surface area contributed by atoms with Crippen LogP contribution >= 0.6 is 0 Å². The molecule has 0 saturated carbocycles. The molecule has 1 aliphatic rings. The zero-order valence-electron chi connectivity index (χ0n) is 15.2. The molecule has 0 fully saturated rings. The summed E-state index contributed by atoms with van der Waals surface area (Å²) < 4.78 is 0. The fraction of sp³-hybridized carbons (Fsp3) is 0.286. The van der Waals surface area contributed by atoms with Crippen LogP contribution in [0.15, 0.2) is 59.7 Å². The van der Waals surface area contributed by atoms with E-state index in [4.69, 9.17) is 0 Å². The van der Waals surface area contributed by atoms with E-state index >= 15 is 0 Å². The molecule has 0 aromatic heterocycles. The summed E-state index contributed by atoms with van der Waals surface area (Å²) in [7, 11) is 0. The molecule has 140 valence electrons. The zero-order valence-corrected chi connectivity index (χ0v) is 15.2. The van der Waals surface area contributed by atoms with Crippen LogP contribution in [0.5, 0.6) is 0 Å². The molecule has 2 aromatic carbocycles. The van der Waals surface area contributed by atoms with Crippen LogP contribution in [-0.4, -0.2) is 30.6 Å². The van der Waals surface area contributed by atoms with Crippen LogP contribution in [0.25, 0.3) is 0 Å². The van der Waals surface area contributed by atoms with Crippen LogP contribution < -0.4 is 16.1 Å². The van der Waals surface area contributed by atoms with E-state index in [0.717, 1.165) is 29.9 Å². The Balaban J connectivity index is 1.37. The number of nitrogens with zero attached hydrogens (tertiary/aromatic N) is 1. The summed E-state index contributed by atoms with van der Waals surface area (Å²) in [6.45, 7) is 1.50. The number of hydrogen-bond acceptors (Lipinski definition) is 4. The largest absolute Gasteiger partial charge is 0.326 e. The maximum atomic E-state index is 12.0. The minimum Gasteiger partial charge on any atom is -0.326 e. The quantitative estimate of drug-likeness (QED) is 0.629. The Morgan fingerprint density at radius 1 is 1.00 bits per heavy atom. The van der Waals surface area contributed by atoms with Crippen molar-refractivity contribution in [3.8, 4) is 0 Å². The lowest BCUT2D eigenvalue weighted by atomic mass is 10.0. The Kier molecular flexibility index (Phi) is 6.71. The molecule has 0 bridgehead atoms. The Bertz CT molecular complexity index is 801. The van der Waals surface area contributed by atoms with Gasteiger partial charge in [-0.2, -0.15) is 5.10 Å². The van der Waals surface area contributed by atoms with E-state index in [9.17, 15) is 9.59 Å². The topological polar surface area (TPSA) is 82.6 Å². The molecule has 2 aromatic rings. The molecule has 3 N–H and O–H groups in total. The number of nitrogens with one attached hydrogen (secondary N) is 3. The van der Waals surface area contributed by atoms with Gasteiger partial charge in [-0.05, 0) is 36.2 Å². The average Bonchev–Trinajstić information content (AvgIpc) is 2.70. The molecule has 6 nitrogen and oxygen atoms in total. The first-order chi connectivity index (χ1) is 13.2. The van der Waals surface area contributed by atoms with Crippen LogP contribution in [0.3, 0.4) is 0 Å². The lowest BCUT2D eigenvalue weighted by Crippen LogP contribution is -2.26. The van der Waals surface area contributed by atoms with Crippen molar-refractivity contribution in [2.24, 2.45) is 5.10 Å². The summed E-state index contributed by atoms with van der Waals surface area (Å²) in [6.07, 6.45) is 2.46. The Morgan fingerprint density at radius 2 is 1.78 bits per heavy atom. The van der Waals surface area contributed by atoms with Crippen molar-refractivity contribution in [3.63, 3.8) is 0 Å². The maximum absolute atomic E-state index is 12.0. The van der Waals surface area contributed by atoms with Gasteiger partial charge in [-0.25, -0.2) is 5.43 Å². The number of carbonyl (C=O) groups excluding carboxylic acids is 2. The van der Waals surface area contributed by atoms with Gasteiger partial charge in [0.1, 0.15) is 0 Å². The molecule has 0 saturated heterocycles. The first kappa shape index (κ1) is 18.8. The van der Waals surface area contributed by atoms with Gasteiger partial charge >= 0.3 is 0 Å². The van der Waals surface area contributed by atoms with Gasteiger partial charge in [0.15, 0.2) is 0 Å². The molecule has 0 aliphatic carbocycles. The Morgan fingerprint density at radius 3 is 2.48 bits per heavy atom. The third-order valence-corrected chi connectivity index (χ3v) is 4.37. The smallest absolute Gasteiger partial charge is 0.240 e. The van der Waals surface area contributed by atoms with Crippen molar-refractivity contribution < 1.29 is 9.59 Å². The fourth-order valence-corrected chi connectivity index (χ4v) is 2.86. The minimum absolute atomic E-state index is 0.0165. The van der Waals surface area contributed by atoms with Gasteiger partial charge < -0.3 is 10.6 Å². The van der Waals surface area contributed by atoms with Crippen molar-refractivity contribution in [1.29, 1.82) is 0 Å². The fourth-order valence-electron chi connectivity index (χ4n) is 2.86. The van der Waals surface area contributed by atoms with E-state index < -0.39 is 0 Å². The third kappa shape index (κ3) is 6.04. The maximum Gasteiger partial charge on any atom is 0.240 e. The molecule has 27 heavy (non-hydrogen) atoms. The van der Waals surface area contributed by atoms with E-state index in [1.54, 1.807) is 0 Å². The number of hydrogen-bond donors (Lipinski definition) is 3. The first-order valence-corrected chi connectivity index (χ1v) is 9.21. The number of benzene rings is 2. The predicted molar refractivity (Wildman–Crippen MR) is 107 cm³/mol. The number of carbonyl (C=O) groups is 2. The highest BCUT2D eigenvalue weighted by Crippen LogP contribution is 2.14. The van der Waals surface area contributed by atoms with Gasteiger partial charge in [0.05, 0.1) is 5.71 Å². The van der Waals surface area contributed by atoms with E-state index in [0.29, 0.717) is 25.8 Å². The van der Waals surface area contributed by atoms with Crippen molar-refractivity contribution in [3.05, 3.63) is 65.7 Å². The highest BCUT2D eigenvalue weighted by molar-refractivity contribution is 6.04. The molecular formula is C21H24N4O2. The van der Waals surface area contributed by atoms with Crippen molar-refractivity contribution in [1.82, 2.24) is 10.7 Å². The summed E-state index contributed by atoms with van der Waals surface area (Å²) in [5.74, 6) is -0.0720. The summed E-state index contributed by atoms with van der Waals surface area (Å²) >= 11 is 0. The van der Waals surface area contributed by atoms with Crippen molar-refractivity contribution in [2.75, 3.05) is 18.4 Å². The monoisotopic (exact) mass is 364 g/mol. The van der Waals surface area contributed by atoms with Gasteiger partial charge in [-0.3, -0.25) is 9.59 Å². The molecule has 3 rings (SSSR count). The molecule has 0 unspecified atom stereocenters. The normalized spacial score (nSPS) is 13.6. The van der Waals surface area contributed by atoms with Gasteiger partial charge in [-0.15, -0.1) is 0 Å². The Labute approximate surface area is 159 Å². The molecule has 0 radical (unpaired) electrons. The highest BCUT2D eigenvalue weighted by Gasteiger charge is 2.13. The molecule has 1 aliphatic heterocycles. The number of hydrazone groups is 1. The summed E-state index contributed by atoms with van der Waals surface area (Å²) in [6, 6.07) is 17.8. The molecule has 1 heterocycles. The van der Waals surface area contributed by atoms with Crippen LogP contribution in [0, 0.1) is 0 Å².